The van der Waals surface area contributed by atoms with Gasteiger partial charge in [0.05, 0.1) is 17.0 Å². The maximum absolute atomic E-state index is 11.9. The number of para-hydroxylation sites is 1. The largest absolute Gasteiger partial charge is 0.867 e. The van der Waals surface area contributed by atoms with Crippen molar-refractivity contribution in [1.29, 1.82) is 0 Å². The molecule has 0 aliphatic carbocycles. The smallest absolute Gasteiger partial charge is 0.271 e. The number of hydrogen-bond donors (Lipinski definition) is 0. The number of rotatable bonds is 5. The minimum atomic E-state index is -0.786. The number of hydrogen-bond acceptors (Lipinski definition) is 7. The molecule has 9 heteroatoms. The van der Waals surface area contributed by atoms with Gasteiger partial charge in [-0.15, -0.1) is 0 Å². The highest BCUT2D eigenvalue weighted by molar-refractivity contribution is 5.87. The van der Waals surface area contributed by atoms with E-state index >= 15 is 0 Å². The summed E-state index contributed by atoms with van der Waals surface area (Å²) in [6.45, 7) is 0. The van der Waals surface area contributed by atoms with Crippen molar-refractivity contribution in [2.45, 2.75) is 0 Å². The average molecular weight is 316 g/mol. The van der Waals surface area contributed by atoms with Crippen LogP contribution in [0, 0.1) is 20.2 Å². The Morgan fingerprint density at radius 3 is 2.48 bits per heavy atom. The molecule has 9 nitrogen and oxygen atoms in total. The second kappa shape index (κ2) is 6.52. The maximum atomic E-state index is 11.9. The van der Waals surface area contributed by atoms with Crippen LogP contribution in [0.4, 0.5) is 17.1 Å². The van der Waals surface area contributed by atoms with E-state index < -0.39 is 21.3 Å². The van der Waals surface area contributed by atoms with Gasteiger partial charge < -0.3 is 9.84 Å². The summed E-state index contributed by atoms with van der Waals surface area (Å²) in [6.07, 6.45) is 1.11. The summed E-state index contributed by atoms with van der Waals surface area (Å²) in [4.78, 5) is 24.1. The van der Waals surface area contributed by atoms with Crippen molar-refractivity contribution in [1.82, 2.24) is 0 Å². The van der Waals surface area contributed by atoms with Crippen LogP contribution in [0.3, 0.4) is 0 Å². The third kappa shape index (κ3) is 3.40. The highest BCUT2D eigenvalue weighted by atomic mass is 16.6. The lowest BCUT2D eigenvalue weighted by atomic mass is 10.2. The Kier molecular flexibility index (Phi) is 4.50. The Labute approximate surface area is 129 Å². The van der Waals surface area contributed by atoms with E-state index in [2.05, 4.69) is 4.99 Å². The first kappa shape index (κ1) is 15.9. The molecule has 0 bridgehead atoms. The van der Waals surface area contributed by atoms with Crippen molar-refractivity contribution in [2.75, 3.05) is 7.11 Å². The highest BCUT2D eigenvalue weighted by Crippen LogP contribution is 2.32. The fraction of sp³-hybridized carbons (Fsp3) is 0.0714. The minimum Gasteiger partial charge on any atom is -0.867 e. The van der Waals surface area contributed by atoms with E-state index in [4.69, 9.17) is 4.74 Å². The summed E-state index contributed by atoms with van der Waals surface area (Å²) in [5.41, 5.74) is -0.639. The van der Waals surface area contributed by atoms with Crippen molar-refractivity contribution >= 4 is 23.3 Å². The summed E-state index contributed by atoms with van der Waals surface area (Å²) in [6, 6.07) is 7.61. The van der Waals surface area contributed by atoms with Crippen LogP contribution in [0.15, 0.2) is 41.4 Å². The summed E-state index contributed by atoms with van der Waals surface area (Å²) < 4.78 is 5.04. The average Bonchev–Trinajstić information content (AvgIpc) is 2.53. The zero-order chi connectivity index (χ0) is 17.0. The summed E-state index contributed by atoms with van der Waals surface area (Å²) >= 11 is 0. The number of ether oxygens (including phenoxy) is 1. The summed E-state index contributed by atoms with van der Waals surface area (Å²) in [7, 11) is 1.37. The number of nitro groups is 2. The molecule has 0 unspecified atom stereocenters. The van der Waals surface area contributed by atoms with Gasteiger partial charge >= 0.3 is 0 Å². The molecule has 0 saturated heterocycles. The standard InChI is InChI=1S/C14H11N3O6/c1-23-13-6-5-10(16(19)20)7-11(13)15-8-9-3-2-4-12(14(9)18)17(21)22/h2-8,18H,1H3/p-1. The Bertz CT molecular complexity index is 803. The molecule has 0 radical (unpaired) electrons. The van der Waals surface area contributed by atoms with Crippen molar-refractivity contribution in [3.8, 4) is 11.5 Å². The second-order valence-electron chi connectivity index (χ2n) is 4.32. The monoisotopic (exact) mass is 316 g/mol. The predicted molar refractivity (Wildman–Crippen MR) is 79.4 cm³/mol. The highest BCUT2D eigenvalue weighted by Gasteiger charge is 2.11. The Morgan fingerprint density at radius 2 is 1.87 bits per heavy atom. The van der Waals surface area contributed by atoms with E-state index in [1.54, 1.807) is 0 Å². The normalized spacial score (nSPS) is 10.7. The summed E-state index contributed by atoms with van der Waals surface area (Å²) in [5.74, 6) is -0.518. The van der Waals surface area contributed by atoms with Gasteiger partial charge in [-0.1, -0.05) is 12.1 Å². The van der Waals surface area contributed by atoms with Crippen molar-refractivity contribution in [3.63, 3.8) is 0 Å². The lowest BCUT2D eigenvalue weighted by Crippen LogP contribution is -2.01. The van der Waals surface area contributed by atoms with Crippen LogP contribution in [0.25, 0.3) is 0 Å². The molecular formula is C14H10N3O6-. The van der Waals surface area contributed by atoms with Crippen molar-refractivity contribution in [2.24, 2.45) is 4.99 Å². The van der Waals surface area contributed by atoms with E-state index in [1.807, 2.05) is 0 Å². The quantitative estimate of drug-likeness (QED) is 0.472. The van der Waals surface area contributed by atoms with Crippen LogP contribution >= 0.6 is 0 Å². The van der Waals surface area contributed by atoms with E-state index in [0.717, 1.165) is 12.3 Å². The molecule has 0 heterocycles. The molecule has 0 N–H and O–H groups in total. The van der Waals surface area contributed by atoms with Crippen LogP contribution in [0.5, 0.6) is 11.5 Å². The molecule has 0 aliphatic heterocycles. The number of nitrogens with zero attached hydrogens (tertiary/aromatic N) is 3. The minimum absolute atomic E-state index is 0.00670. The first-order valence-electron chi connectivity index (χ1n) is 6.25. The molecular weight excluding hydrogens is 306 g/mol. The van der Waals surface area contributed by atoms with Crippen molar-refractivity contribution < 1.29 is 19.7 Å². The number of nitro benzene ring substituents is 2. The first-order chi connectivity index (χ1) is 10.9. The molecule has 0 aromatic heterocycles. The number of non-ortho nitro benzene ring substituents is 1. The molecule has 0 spiro atoms. The number of benzene rings is 2. The lowest BCUT2D eigenvalue weighted by molar-refractivity contribution is -0.398. The molecule has 23 heavy (non-hydrogen) atoms. The third-order valence-electron chi connectivity index (χ3n) is 2.94. The van der Waals surface area contributed by atoms with Gasteiger partial charge in [0, 0.05) is 24.4 Å². The van der Waals surface area contributed by atoms with Gasteiger partial charge in [0.25, 0.3) is 11.4 Å². The molecule has 0 atom stereocenters. The fourth-order valence-corrected chi connectivity index (χ4v) is 1.82. The maximum Gasteiger partial charge on any atom is 0.271 e. The number of methoxy groups -OCH3 is 1. The molecule has 2 aromatic rings. The van der Waals surface area contributed by atoms with Gasteiger partial charge in [0.15, 0.2) is 0 Å². The molecule has 2 rings (SSSR count). The van der Waals surface area contributed by atoms with Crippen LogP contribution in [-0.4, -0.2) is 23.2 Å². The molecule has 0 amide bonds. The van der Waals surface area contributed by atoms with Crippen LogP contribution in [0.2, 0.25) is 0 Å². The van der Waals surface area contributed by atoms with E-state index in [9.17, 15) is 25.3 Å². The zero-order valence-corrected chi connectivity index (χ0v) is 11.8. The molecule has 0 fully saturated rings. The van der Waals surface area contributed by atoms with Gasteiger partial charge in [-0.2, -0.15) is 0 Å². The van der Waals surface area contributed by atoms with Gasteiger partial charge in [-0.25, -0.2) is 0 Å². The molecule has 118 valence electrons. The van der Waals surface area contributed by atoms with Gasteiger partial charge in [0.2, 0.25) is 0 Å². The van der Waals surface area contributed by atoms with Crippen LogP contribution < -0.4 is 9.84 Å². The van der Waals surface area contributed by atoms with E-state index in [-0.39, 0.29) is 22.7 Å². The summed E-state index contributed by atoms with van der Waals surface area (Å²) in [5, 5.41) is 33.4. The number of aliphatic imine (C=N–C) groups is 1. The first-order valence-corrected chi connectivity index (χ1v) is 6.25. The molecule has 2 aromatic carbocycles. The van der Waals surface area contributed by atoms with E-state index in [1.165, 1.54) is 37.4 Å². The molecule has 0 aliphatic rings. The lowest BCUT2D eigenvalue weighted by Gasteiger charge is -2.10. The predicted octanol–water partition coefficient (Wildman–Crippen LogP) is 2.34. The third-order valence-corrected chi connectivity index (χ3v) is 2.94. The van der Waals surface area contributed by atoms with Gasteiger partial charge in [0.1, 0.15) is 11.4 Å². The Hall–Kier alpha value is -3.49. The molecule has 0 saturated carbocycles. The van der Waals surface area contributed by atoms with Crippen LogP contribution in [0.1, 0.15) is 5.56 Å². The second-order valence-corrected chi connectivity index (χ2v) is 4.32. The fourth-order valence-electron chi connectivity index (χ4n) is 1.82. The van der Waals surface area contributed by atoms with Crippen molar-refractivity contribution in [3.05, 3.63) is 62.2 Å². The SMILES string of the molecule is COc1ccc([N+](=O)[O-])cc1N=Cc1cccc([N+](=O)[O-])c1[O-]. The Morgan fingerprint density at radius 1 is 1.13 bits per heavy atom. The topological polar surface area (TPSA) is 131 Å². The Balaban J connectivity index is 2.44. The van der Waals surface area contributed by atoms with Gasteiger partial charge in [-0.05, 0) is 17.4 Å². The van der Waals surface area contributed by atoms with E-state index in [0.29, 0.717) is 0 Å². The van der Waals surface area contributed by atoms with Crippen LogP contribution in [-0.2, 0) is 0 Å². The van der Waals surface area contributed by atoms with Gasteiger partial charge in [-0.3, -0.25) is 25.2 Å². The zero-order valence-electron chi connectivity index (χ0n) is 11.8.